The van der Waals surface area contributed by atoms with Crippen LogP contribution in [0.15, 0.2) is 48.6 Å². The number of aryl methyl sites for hydroxylation is 1. The van der Waals surface area contributed by atoms with E-state index in [2.05, 4.69) is 21.8 Å². The molecule has 7 nitrogen and oxygen atoms in total. The third-order valence-electron chi connectivity index (χ3n) is 10.0. The summed E-state index contributed by atoms with van der Waals surface area (Å²) in [6.07, 6.45) is 8.58. The second kappa shape index (κ2) is 10.9. The molecule has 4 aliphatic rings. The quantitative estimate of drug-likeness (QED) is 0.403. The number of nitrogens with zero attached hydrogens (tertiary/aromatic N) is 1. The van der Waals surface area contributed by atoms with E-state index in [1.807, 2.05) is 25.1 Å². The molecule has 1 amide bonds. The maximum Gasteiger partial charge on any atom is 0.264 e. The van der Waals surface area contributed by atoms with Gasteiger partial charge in [0.15, 0.2) is 0 Å². The number of anilines is 1. The Morgan fingerprint density at radius 3 is 2.76 bits per heavy atom. The van der Waals surface area contributed by atoms with Gasteiger partial charge in [0.25, 0.3) is 5.91 Å². The van der Waals surface area contributed by atoms with Gasteiger partial charge in [-0.3, -0.25) is 4.79 Å². The minimum absolute atomic E-state index is 0.128. The van der Waals surface area contributed by atoms with Crippen LogP contribution in [0.25, 0.3) is 0 Å². The van der Waals surface area contributed by atoms with Crippen molar-refractivity contribution in [1.82, 2.24) is 4.72 Å². The normalized spacial score (nSPS) is 33.8. The highest BCUT2D eigenvalue weighted by Crippen LogP contribution is 2.46. The number of rotatable bonds is 0. The van der Waals surface area contributed by atoms with Gasteiger partial charge in [0.1, 0.15) is 5.75 Å². The molecule has 41 heavy (non-hydrogen) atoms. The lowest BCUT2D eigenvalue weighted by atomic mass is 9.68. The molecule has 220 valence electrons. The summed E-state index contributed by atoms with van der Waals surface area (Å²) in [6.45, 7) is 5.39. The van der Waals surface area contributed by atoms with E-state index in [-0.39, 0.29) is 28.7 Å². The van der Waals surface area contributed by atoms with Gasteiger partial charge in [-0.2, -0.15) is 0 Å². The largest absolute Gasteiger partial charge is 0.490 e. The van der Waals surface area contributed by atoms with E-state index < -0.39 is 27.3 Å². The summed E-state index contributed by atoms with van der Waals surface area (Å²) in [6, 6.07) is 11.4. The van der Waals surface area contributed by atoms with Gasteiger partial charge in [-0.15, -0.1) is 0 Å². The van der Waals surface area contributed by atoms with Crippen LogP contribution in [0.2, 0.25) is 5.02 Å². The van der Waals surface area contributed by atoms with E-state index in [1.165, 1.54) is 11.1 Å². The first-order valence-corrected chi connectivity index (χ1v) is 16.7. The van der Waals surface area contributed by atoms with Crippen LogP contribution >= 0.6 is 11.6 Å². The predicted molar refractivity (Wildman–Crippen MR) is 161 cm³/mol. The Bertz CT molecular complexity index is 1480. The van der Waals surface area contributed by atoms with E-state index >= 15 is 0 Å². The standard InChI is InChI=1S/C32H39ClN2O5S/c1-20-5-3-7-29(36)26-11-8-24(26)17-35-18-32(14-4-6-22-15-25(33)10-12-27(22)32)19-40-30-13-9-23(16-28(30)35)31(37)34-41(38,39)21(20)2/h3,7,9-10,12-13,15-16,20-21,24,26,29,36H,4-6,8,11,14,17-19H2,1-2H3,(H,34,37)/b7-3-/t20-,21-,24+,26-,29+,32+/m1/s1. The Morgan fingerprint density at radius 1 is 1.15 bits per heavy atom. The SMILES string of the molecule is C[C@@H]1C/C=C\[C@H](O)[C@@H]2CC[C@H]2CN2C[C@@]3(CCCc4cc(Cl)ccc43)COc3ccc(cc32)C(=O)NS(=O)(=O)[C@@H]1C. The zero-order chi connectivity index (χ0) is 28.9. The van der Waals surface area contributed by atoms with Gasteiger partial charge in [-0.05, 0) is 105 Å². The summed E-state index contributed by atoms with van der Waals surface area (Å²) in [5.74, 6) is 0.232. The molecule has 6 atom stereocenters. The minimum Gasteiger partial charge on any atom is -0.490 e. The lowest BCUT2D eigenvalue weighted by Crippen LogP contribution is -2.49. The highest BCUT2D eigenvalue weighted by molar-refractivity contribution is 7.90. The Labute approximate surface area is 248 Å². The van der Waals surface area contributed by atoms with Crippen molar-refractivity contribution in [2.45, 2.75) is 69.1 Å². The van der Waals surface area contributed by atoms with E-state index in [1.54, 1.807) is 25.1 Å². The number of sulfonamides is 1. The molecule has 0 saturated heterocycles. The zero-order valence-electron chi connectivity index (χ0n) is 23.7. The number of carbonyl (C=O) groups excluding carboxylic acids is 1. The Hall–Kier alpha value is -2.55. The number of nitrogens with one attached hydrogen (secondary N) is 1. The highest BCUT2D eigenvalue weighted by atomic mass is 35.5. The first-order chi connectivity index (χ1) is 19.6. The van der Waals surface area contributed by atoms with Crippen molar-refractivity contribution < 1.29 is 23.1 Å². The van der Waals surface area contributed by atoms with Gasteiger partial charge >= 0.3 is 0 Å². The molecule has 2 aliphatic carbocycles. The first-order valence-electron chi connectivity index (χ1n) is 14.8. The highest BCUT2D eigenvalue weighted by Gasteiger charge is 2.44. The van der Waals surface area contributed by atoms with Crippen LogP contribution in [0, 0.1) is 17.8 Å². The molecule has 6 rings (SSSR count). The molecule has 0 radical (unpaired) electrons. The number of halogens is 1. The smallest absolute Gasteiger partial charge is 0.264 e. The van der Waals surface area contributed by atoms with Gasteiger partial charge in [0.05, 0.1) is 23.6 Å². The molecule has 0 unspecified atom stereocenters. The average molecular weight is 599 g/mol. The summed E-state index contributed by atoms with van der Waals surface area (Å²) in [4.78, 5) is 15.6. The monoisotopic (exact) mass is 598 g/mol. The van der Waals surface area contributed by atoms with Crippen LogP contribution < -0.4 is 14.4 Å². The molecule has 9 heteroatoms. The van der Waals surface area contributed by atoms with Crippen molar-refractivity contribution >= 4 is 33.2 Å². The zero-order valence-corrected chi connectivity index (χ0v) is 25.3. The fourth-order valence-corrected chi connectivity index (χ4v) is 8.64. The molecule has 2 N–H and O–H groups in total. The van der Waals surface area contributed by atoms with Crippen LogP contribution in [0.1, 0.15) is 67.4 Å². The number of hydrogen-bond acceptors (Lipinski definition) is 6. The van der Waals surface area contributed by atoms with Crippen LogP contribution in [0.5, 0.6) is 5.75 Å². The van der Waals surface area contributed by atoms with E-state index in [0.717, 1.165) is 42.8 Å². The van der Waals surface area contributed by atoms with Gasteiger partial charge in [-0.1, -0.05) is 36.7 Å². The van der Waals surface area contributed by atoms with E-state index in [0.29, 0.717) is 31.9 Å². The molecule has 2 bridgehead atoms. The van der Waals surface area contributed by atoms with Crippen molar-refractivity contribution in [3.8, 4) is 5.75 Å². The van der Waals surface area contributed by atoms with Gasteiger partial charge in [-0.25, -0.2) is 13.1 Å². The first kappa shape index (κ1) is 28.6. The summed E-state index contributed by atoms with van der Waals surface area (Å²) in [7, 11) is -3.91. The Morgan fingerprint density at radius 2 is 1.98 bits per heavy atom. The number of hydrogen-bond donors (Lipinski definition) is 2. The molecule has 2 aromatic carbocycles. The fourth-order valence-electron chi connectivity index (χ4n) is 7.16. The number of amides is 1. The average Bonchev–Trinajstić information content (AvgIpc) is 3.06. The predicted octanol–water partition coefficient (Wildman–Crippen LogP) is 5.24. The number of benzene rings is 2. The van der Waals surface area contributed by atoms with Crippen LogP contribution in [-0.4, -0.2) is 50.5 Å². The second-order valence-electron chi connectivity index (χ2n) is 12.6. The van der Waals surface area contributed by atoms with Crippen molar-refractivity contribution in [2.24, 2.45) is 17.8 Å². The number of ether oxygens (including phenoxy) is 1. The molecule has 1 fully saturated rings. The van der Waals surface area contributed by atoms with Crippen LogP contribution in [-0.2, 0) is 21.9 Å². The Balaban J connectivity index is 1.42. The summed E-state index contributed by atoms with van der Waals surface area (Å²) >= 11 is 6.38. The Kier molecular flexibility index (Phi) is 7.62. The van der Waals surface area contributed by atoms with Crippen molar-refractivity contribution in [3.05, 3.63) is 70.3 Å². The molecular formula is C32H39ClN2O5S. The second-order valence-corrected chi connectivity index (χ2v) is 15.1. The van der Waals surface area contributed by atoms with Crippen molar-refractivity contribution in [1.29, 1.82) is 0 Å². The summed E-state index contributed by atoms with van der Waals surface area (Å²) in [5, 5.41) is 11.1. The summed E-state index contributed by atoms with van der Waals surface area (Å²) < 4.78 is 35.1. The van der Waals surface area contributed by atoms with Crippen LogP contribution in [0.3, 0.4) is 0 Å². The van der Waals surface area contributed by atoms with Crippen molar-refractivity contribution in [3.63, 3.8) is 0 Å². The molecule has 1 spiro atoms. The lowest BCUT2D eigenvalue weighted by Gasteiger charge is -2.45. The number of carbonyl (C=O) groups is 1. The summed E-state index contributed by atoms with van der Waals surface area (Å²) in [5.41, 5.74) is 3.33. The molecule has 2 aliphatic heterocycles. The third-order valence-corrected chi connectivity index (χ3v) is 12.2. The topological polar surface area (TPSA) is 95.9 Å². The number of aliphatic hydroxyl groups is 1. The lowest BCUT2D eigenvalue weighted by molar-refractivity contribution is 0.0456. The van der Waals surface area contributed by atoms with Crippen LogP contribution in [0.4, 0.5) is 5.69 Å². The molecule has 2 heterocycles. The van der Waals surface area contributed by atoms with Gasteiger partial charge < -0.3 is 14.7 Å². The third kappa shape index (κ3) is 5.39. The maximum absolute atomic E-state index is 13.3. The maximum atomic E-state index is 13.3. The molecular weight excluding hydrogens is 560 g/mol. The minimum atomic E-state index is -3.91. The number of aliphatic hydroxyl groups excluding tert-OH is 1. The number of fused-ring (bicyclic) bond motifs is 4. The number of allylic oxidation sites excluding steroid dienone is 1. The molecule has 2 aromatic rings. The van der Waals surface area contributed by atoms with E-state index in [4.69, 9.17) is 16.3 Å². The fraction of sp³-hybridized carbons (Fsp3) is 0.531. The molecule has 1 saturated carbocycles. The molecule has 0 aromatic heterocycles. The van der Waals surface area contributed by atoms with Crippen molar-refractivity contribution in [2.75, 3.05) is 24.6 Å². The van der Waals surface area contributed by atoms with E-state index in [9.17, 15) is 18.3 Å². The van der Waals surface area contributed by atoms with Gasteiger partial charge in [0, 0.05) is 29.1 Å². The van der Waals surface area contributed by atoms with Gasteiger partial charge in [0.2, 0.25) is 10.0 Å².